The van der Waals surface area contributed by atoms with Gasteiger partial charge in [-0.25, -0.2) is 8.42 Å². The lowest BCUT2D eigenvalue weighted by Gasteiger charge is -2.36. The Morgan fingerprint density at radius 1 is 1.65 bits per heavy atom. The van der Waals surface area contributed by atoms with E-state index >= 15 is 0 Å². The fourth-order valence-corrected chi connectivity index (χ4v) is 3.82. The summed E-state index contributed by atoms with van der Waals surface area (Å²) in [6.45, 7) is 1.85. The van der Waals surface area contributed by atoms with Crippen LogP contribution in [0.3, 0.4) is 0 Å². The number of aromatic nitrogens is 1. The van der Waals surface area contributed by atoms with Gasteiger partial charge in [-0.3, -0.25) is 10.8 Å². The van der Waals surface area contributed by atoms with E-state index in [-0.39, 0.29) is 36.4 Å². The highest BCUT2D eigenvalue weighted by Crippen LogP contribution is 2.26. The van der Waals surface area contributed by atoms with Crippen molar-refractivity contribution in [3.8, 4) is 0 Å². The summed E-state index contributed by atoms with van der Waals surface area (Å²) in [5.74, 6) is 5.34. The summed E-state index contributed by atoms with van der Waals surface area (Å²) in [5, 5.41) is 9.14. The average molecular weight is 302 g/mol. The van der Waals surface area contributed by atoms with E-state index in [4.69, 9.17) is 15.7 Å². The largest absolute Gasteiger partial charge is 0.394 e. The zero-order chi connectivity index (χ0) is 14.8. The average Bonchev–Trinajstić information content (AvgIpc) is 2.47. The fraction of sp³-hybridized carbons (Fsp3) is 0.545. The van der Waals surface area contributed by atoms with E-state index in [1.165, 1.54) is 22.8 Å². The van der Waals surface area contributed by atoms with Crippen LogP contribution in [-0.2, 0) is 14.8 Å². The van der Waals surface area contributed by atoms with E-state index in [2.05, 4.69) is 10.4 Å². The first-order valence-electron chi connectivity index (χ1n) is 6.15. The molecule has 0 spiro atoms. The Kier molecular flexibility index (Phi) is 4.55. The van der Waals surface area contributed by atoms with Gasteiger partial charge in [0.2, 0.25) is 10.0 Å². The lowest BCUT2D eigenvalue weighted by molar-refractivity contribution is -0.0516. The van der Waals surface area contributed by atoms with Crippen LogP contribution in [0.15, 0.2) is 23.4 Å². The number of sulfonamides is 1. The molecule has 0 aromatic carbocycles. The molecule has 0 bridgehead atoms. The van der Waals surface area contributed by atoms with Gasteiger partial charge in [-0.05, 0) is 13.0 Å². The van der Waals surface area contributed by atoms with Gasteiger partial charge in [-0.2, -0.15) is 4.31 Å². The van der Waals surface area contributed by atoms with Crippen LogP contribution in [0.2, 0.25) is 0 Å². The van der Waals surface area contributed by atoms with Crippen LogP contribution in [0.4, 0.5) is 5.69 Å². The van der Waals surface area contributed by atoms with Crippen molar-refractivity contribution in [2.75, 3.05) is 25.2 Å². The molecule has 1 aromatic heterocycles. The summed E-state index contributed by atoms with van der Waals surface area (Å²) < 4.78 is 32.0. The van der Waals surface area contributed by atoms with Crippen molar-refractivity contribution in [3.05, 3.63) is 18.5 Å². The molecular formula is C11H18N4O4S. The molecule has 2 atom stereocenters. The quantitative estimate of drug-likeness (QED) is 0.489. The number of rotatable bonds is 4. The van der Waals surface area contributed by atoms with E-state index in [1.54, 1.807) is 6.92 Å². The summed E-state index contributed by atoms with van der Waals surface area (Å²) in [5.41, 5.74) is 2.63. The van der Waals surface area contributed by atoms with Crippen LogP contribution in [0.5, 0.6) is 0 Å². The number of nitrogens with zero attached hydrogens (tertiary/aromatic N) is 2. The number of nitrogen functional groups attached to an aromatic ring is 1. The van der Waals surface area contributed by atoms with Gasteiger partial charge in [0, 0.05) is 25.0 Å². The van der Waals surface area contributed by atoms with Crippen molar-refractivity contribution in [3.63, 3.8) is 0 Å². The van der Waals surface area contributed by atoms with E-state index in [0.717, 1.165) is 0 Å². The maximum atomic E-state index is 12.7. The lowest BCUT2D eigenvalue weighted by Crippen LogP contribution is -2.51. The maximum absolute atomic E-state index is 12.7. The second-order valence-electron chi connectivity index (χ2n) is 4.58. The molecule has 4 N–H and O–H groups in total. The number of morpholine rings is 1. The minimum atomic E-state index is -3.76. The number of nitrogens with two attached hydrogens (primary N) is 1. The Morgan fingerprint density at radius 2 is 2.40 bits per heavy atom. The molecule has 2 unspecified atom stereocenters. The molecule has 2 rings (SSSR count). The molecule has 112 valence electrons. The third kappa shape index (κ3) is 2.76. The lowest BCUT2D eigenvalue weighted by atomic mass is 10.2. The molecule has 1 aliphatic heterocycles. The highest BCUT2D eigenvalue weighted by molar-refractivity contribution is 7.89. The number of hydrogen-bond acceptors (Lipinski definition) is 7. The Labute approximate surface area is 117 Å². The van der Waals surface area contributed by atoms with Gasteiger partial charge < -0.3 is 15.3 Å². The minimum Gasteiger partial charge on any atom is -0.394 e. The van der Waals surface area contributed by atoms with Crippen LogP contribution in [0, 0.1) is 0 Å². The van der Waals surface area contributed by atoms with Gasteiger partial charge in [0.1, 0.15) is 4.90 Å². The van der Waals surface area contributed by atoms with Crippen LogP contribution in [-0.4, -0.2) is 54.7 Å². The van der Waals surface area contributed by atoms with Gasteiger partial charge in [-0.1, -0.05) is 0 Å². The Hall–Kier alpha value is -1.26. The van der Waals surface area contributed by atoms with Crippen LogP contribution < -0.4 is 11.3 Å². The fourth-order valence-electron chi connectivity index (χ4n) is 2.07. The zero-order valence-electron chi connectivity index (χ0n) is 11.1. The molecule has 9 heteroatoms. The number of nitrogens with one attached hydrogen (secondary N) is 1. The first-order chi connectivity index (χ1) is 9.50. The second kappa shape index (κ2) is 6.02. The summed E-state index contributed by atoms with van der Waals surface area (Å²) in [6.07, 6.45) is 2.18. The van der Waals surface area contributed by atoms with Gasteiger partial charge in [0.05, 0.1) is 25.0 Å². The molecule has 0 saturated carbocycles. The highest BCUT2D eigenvalue weighted by Gasteiger charge is 2.36. The van der Waals surface area contributed by atoms with E-state index < -0.39 is 16.1 Å². The van der Waals surface area contributed by atoms with Crippen LogP contribution in [0.1, 0.15) is 6.92 Å². The monoisotopic (exact) mass is 302 g/mol. The van der Waals surface area contributed by atoms with Crippen molar-refractivity contribution in [1.82, 2.24) is 9.29 Å². The molecular weight excluding hydrogens is 284 g/mol. The van der Waals surface area contributed by atoms with Crippen molar-refractivity contribution in [2.45, 2.75) is 24.0 Å². The van der Waals surface area contributed by atoms with Gasteiger partial charge in [-0.15, -0.1) is 0 Å². The standard InChI is InChI=1S/C11H18N4O4S/c1-8-7-19-9(6-16)5-15(8)20(17,18)11-4-13-3-2-10(11)14-12/h2-4,8-9,16H,5-7,12H2,1H3,(H,13,14). The maximum Gasteiger partial charge on any atom is 0.247 e. The minimum absolute atomic E-state index is 0.00735. The molecule has 8 nitrogen and oxygen atoms in total. The summed E-state index contributed by atoms with van der Waals surface area (Å²) >= 11 is 0. The third-order valence-corrected chi connectivity index (χ3v) is 5.19. The first kappa shape index (κ1) is 15.1. The summed E-state index contributed by atoms with van der Waals surface area (Å²) in [4.78, 5) is 3.84. The van der Waals surface area contributed by atoms with Gasteiger partial charge >= 0.3 is 0 Å². The molecule has 1 aromatic rings. The molecule has 0 radical (unpaired) electrons. The molecule has 1 aliphatic rings. The molecule has 0 amide bonds. The van der Waals surface area contributed by atoms with Crippen LogP contribution >= 0.6 is 0 Å². The molecule has 1 saturated heterocycles. The van der Waals surface area contributed by atoms with Gasteiger partial charge in [0.25, 0.3) is 0 Å². The van der Waals surface area contributed by atoms with Crippen molar-refractivity contribution >= 4 is 15.7 Å². The zero-order valence-corrected chi connectivity index (χ0v) is 11.9. The van der Waals surface area contributed by atoms with Crippen molar-refractivity contribution in [2.24, 2.45) is 5.84 Å². The van der Waals surface area contributed by atoms with Crippen molar-refractivity contribution < 1.29 is 18.3 Å². The predicted octanol–water partition coefficient (Wildman–Crippen LogP) is -0.862. The topological polar surface area (TPSA) is 118 Å². The van der Waals surface area contributed by atoms with Gasteiger partial charge in [0.15, 0.2) is 0 Å². The number of pyridine rings is 1. The molecule has 1 fully saturated rings. The molecule has 2 heterocycles. The first-order valence-corrected chi connectivity index (χ1v) is 7.59. The smallest absolute Gasteiger partial charge is 0.247 e. The Bertz CT molecular complexity index is 565. The molecule has 0 aliphatic carbocycles. The number of hydrazine groups is 1. The number of aliphatic hydroxyl groups is 1. The van der Waals surface area contributed by atoms with Crippen molar-refractivity contribution in [1.29, 1.82) is 0 Å². The molecule has 20 heavy (non-hydrogen) atoms. The van der Waals surface area contributed by atoms with Crippen LogP contribution in [0.25, 0.3) is 0 Å². The normalized spacial score (nSPS) is 24.6. The number of anilines is 1. The predicted molar refractivity (Wildman–Crippen MR) is 72.2 cm³/mol. The summed E-state index contributed by atoms with van der Waals surface area (Å²) in [7, 11) is -3.76. The Morgan fingerprint density at radius 3 is 3.05 bits per heavy atom. The van der Waals surface area contributed by atoms with E-state index in [9.17, 15) is 8.42 Å². The summed E-state index contributed by atoms with van der Waals surface area (Å²) in [6, 6.07) is 1.16. The number of hydrogen-bond donors (Lipinski definition) is 3. The number of aliphatic hydroxyl groups excluding tert-OH is 1. The van der Waals surface area contributed by atoms with E-state index in [1.807, 2.05) is 0 Å². The second-order valence-corrected chi connectivity index (χ2v) is 6.44. The SMILES string of the molecule is CC1COC(CO)CN1S(=O)(=O)c1cnccc1NN. The highest BCUT2D eigenvalue weighted by atomic mass is 32.2. The third-order valence-electron chi connectivity index (χ3n) is 3.18. The number of ether oxygens (including phenoxy) is 1. The van der Waals surface area contributed by atoms with E-state index in [0.29, 0.717) is 0 Å². The Balaban J connectivity index is 2.38.